The first-order chi connectivity index (χ1) is 17.5. The highest BCUT2D eigenvalue weighted by atomic mass is 16.5. The first-order valence-electron chi connectivity index (χ1n) is 12.8. The minimum atomic E-state index is -0.559. The van der Waals surface area contributed by atoms with E-state index in [1.807, 2.05) is 79.4 Å². The zero-order chi connectivity index (χ0) is 25.2. The van der Waals surface area contributed by atoms with Crippen molar-refractivity contribution in [3.05, 3.63) is 88.5 Å². The number of amides is 2. The molecule has 0 saturated heterocycles. The molecule has 0 unspecified atom stereocenters. The van der Waals surface area contributed by atoms with Crippen molar-refractivity contribution in [1.82, 2.24) is 4.90 Å². The van der Waals surface area contributed by atoms with Gasteiger partial charge in [0.15, 0.2) is 11.5 Å². The van der Waals surface area contributed by atoms with Gasteiger partial charge in [0.1, 0.15) is 0 Å². The molecular formula is C30H32N2O4. The summed E-state index contributed by atoms with van der Waals surface area (Å²) in [5.41, 5.74) is 5.33. The van der Waals surface area contributed by atoms with Crippen LogP contribution in [0.25, 0.3) is 0 Å². The van der Waals surface area contributed by atoms with Crippen LogP contribution in [0.1, 0.15) is 65.3 Å². The van der Waals surface area contributed by atoms with Crippen LogP contribution in [0.4, 0.5) is 5.69 Å². The van der Waals surface area contributed by atoms with Gasteiger partial charge >= 0.3 is 0 Å². The molecule has 0 fully saturated rings. The molecule has 1 N–H and O–H groups in total. The Balaban J connectivity index is 1.61. The summed E-state index contributed by atoms with van der Waals surface area (Å²) in [5, 5.41) is 3.12. The largest absolute Gasteiger partial charge is 0.490 e. The molecule has 186 valence electrons. The van der Waals surface area contributed by atoms with E-state index >= 15 is 0 Å². The number of anilines is 1. The molecule has 36 heavy (non-hydrogen) atoms. The summed E-state index contributed by atoms with van der Waals surface area (Å²) in [6.45, 7) is 7.54. The summed E-state index contributed by atoms with van der Waals surface area (Å²) in [6.07, 6.45) is 1.63. The molecule has 0 saturated carbocycles. The molecule has 0 spiro atoms. The van der Waals surface area contributed by atoms with Gasteiger partial charge in [0, 0.05) is 17.8 Å². The van der Waals surface area contributed by atoms with Gasteiger partial charge in [0.2, 0.25) is 5.91 Å². The second-order valence-electron chi connectivity index (χ2n) is 9.16. The molecule has 2 aliphatic heterocycles. The number of carbonyl (C=O) groups excluding carboxylic acids is 2. The number of benzene rings is 3. The molecule has 0 aromatic heterocycles. The molecule has 3 aromatic carbocycles. The van der Waals surface area contributed by atoms with E-state index in [0.717, 1.165) is 28.8 Å². The van der Waals surface area contributed by atoms with Crippen LogP contribution in [-0.2, 0) is 17.6 Å². The molecule has 2 amide bonds. The minimum absolute atomic E-state index is 0.0376. The highest BCUT2D eigenvalue weighted by Crippen LogP contribution is 2.48. The Morgan fingerprint density at radius 3 is 2.33 bits per heavy atom. The van der Waals surface area contributed by atoms with Crippen molar-refractivity contribution >= 4 is 17.5 Å². The van der Waals surface area contributed by atoms with Crippen molar-refractivity contribution < 1.29 is 19.1 Å². The van der Waals surface area contributed by atoms with Crippen molar-refractivity contribution in [3.63, 3.8) is 0 Å². The summed E-state index contributed by atoms with van der Waals surface area (Å²) in [7, 11) is 0. The number of nitrogens with zero attached hydrogens (tertiary/aromatic N) is 1. The molecule has 3 aromatic rings. The van der Waals surface area contributed by atoms with Crippen LogP contribution >= 0.6 is 0 Å². The Bertz CT molecular complexity index is 1280. The standard InChI is InChI=1S/C30H32N2O4/c1-4-19-11-13-21(14-12-19)31-29(33)27-22-9-7-8-10-23(22)30(34)32-16-15-20-17-25(35-5-2)26(36-6-3)18-24(20)28(27)32/h7-14,17-18,27-28H,4-6,15-16H2,1-3H3,(H,31,33)/t27-,28+/m0/s1. The third-order valence-corrected chi connectivity index (χ3v) is 7.10. The molecule has 0 aliphatic carbocycles. The summed E-state index contributed by atoms with van der Waals surface area (Å²) < 4.78 is 11.8. The molecule has 2 heterocycles. The van der Waals surface area contributed by atoms with E-state index in [0.29, 0.717) is 43.2 Å². The van der Waals surface area contributed by atoms with Crippen LogP contribution in [-0.4, -0.2) is 36.5 Å². The highest BCUT2D eigenvalue weighted by Gasteiger charge is 2.46. The van der Waals surface area contributed by atoms with Gasteiger partial charge in [0.25, 0.3) is 5.91 Å². The predicted molar refractivity (Wildman–Crippen MR) is 140 cm³/mol. The average Bonchev–Trinajstić information content (AvgIpc) is 2.90. The van der Waals surface area contributed by atoms with E-state index in [-0.39, 0.29) is 11.8 Å². The topological polar surface area (TPSA) is 67.9 Å². The van der Waals surface area contributed by atoms with Gasteiger partial charge in [0.05, 0.1) is 25.2 Å². The Labute approximate surface area is 212 Å². The summed E-state index contributed by atoms with van der Waals surface area (Å²) >= 11 is 0. The monoisotopic (exact) mass is 484 g/mol. The maximum Gasteiger partial charge on any atom is 0.254 e. The predicted octanol–water partition coefficient (Wildman–Crippen LogP) is 5.52. The third-order valence-electron chi connectivity index (χ3n) is 7.10. The average molecular weight is 485 g/mol. The Morgan fingerprint density at radius 2 is 1.64 bits per heavy atom. The minimum Gasteiger partial charge on any atom is -0.490 e. The molecule has 2 atom stereocenters. The van der Waals surface area contributed by atoms with E-state index < -0.39 is 12.0 Å². The summed E-state index contributed by atoms with van der Waals surface area (Å²) in [6, 6.07) is 19.0. The fraction of sp³-hybridized carbons (Fsp3) is 0.333. The van der Waals surface area contributed by atoms with Gasteiger partial charge in [-0.25, -0.2) is 0 Å². The molecular weight excluding hydrogens is 452 g/mol. The van der Waals surface area contributed by atoms with Crippen LogP contribution in [0, 0.1) is 0 Å². The van der Waals surface area contributed by atoms with Crippen molar-refractivity contribution in [2.45, 2.75) is 45.6 Å². The molecule has 0 bridgehead atoms. The van der Waals surface area contributed by atoms with Crippen molar-refractivity contribution in [1.29, 1.82) is 0 Å². The maximum atomic E-state index is 13.9. The van der Waals surface area contributed by atoms with E-state index in [4.69, 9.17) is 9.47 Å². The number of nitrogens with one attached hydrogen (secondary N) is 1. The van der Waals surface area contributed by atoms with Crippen molar-refractivity contribution in [3.8, 4) is 11.5 Å². The summed E-state index contributed by atoms with van der Waals surface area (Å²) in [4.78, 5) is 29.4. The Hall–Kier alpha value is -3.80. The SMILES string of the molecule is CCOc1cc2c(cc1OCC)[C@@H]1[C@@H](C(=O)Nc3ccc(CC)cc3)c3ccccc3C(=O)N1CC2. The Morgan fingerprint density at radius 1 is 0.944 bits per heavy atom. The number of ether oxygens (including phenoxy) is 2. The van der Waals surface area contributed by atoms with Gasteiger partial charge in [-0.05, 0) is 79.3 Å². The lowest BCUT2D eigenvalue weighted by Crippen LogP contribution is -2.49. The van der Waals surface area contributed by atoms with Crippen LogP contribution in [0.15, 0.2) is 60.7 Å². The van der Waals surface area contributed by atoms with Crippen LogP contribution < -0.4 is 14.8 Å². The van der Waals surface area contributed by atoms with Crippen LogP contribution in [0.5, 0.6) is 11.5 Å². The van der Waals surface area contributed by atoms with Crippen LogP contribution in [0.3, 0.4) is 0 Å². The van der Waals surface area contributed by atoms with Crippen molar-refractivity contribution in [2.75, 3.05) is 25.1 Å². The lowest BCUT2D eigenvalue weighted by Gasteiger charge is -2.45. The van der Waals surface area contributed by atoms with Crippen molar-refractivity contribution in [2.24, 2.45) is 0 Å². The number of hydrogen-bond donors (Lipinski definition) is 1. The second-order valence-corrected chi connectivity index (χ2v) is 9.16. The lowest BCUT2D eigenvalue weighted by molar-refractivity contribution is -0.119. The molecule has 5 rings (SSSR count). The number of hydrogen-bond acceptors (Lipinski definition) is 4. The second kappa shape index (κ2) is 10.1. The molecule has 0 radical (unpaired) electrons. The maximum absolute atomic E-state index is 13.9. The van der Waals surface area contributed by atoms with E-state index in [9.17, 15) is 9.59 Å². The fourth-order valence-electron chi connectivity index (χ4n) is 5.40. The fourth-order valence-corrected chi connectivity index (χ4v) is 5.40. The lowest BCUT2D eigenvalue weighted by atomic mass is 9.75. The molecule has 6 heteroatoms. The summed E-state index contributed by atoms with van der Waals surface area (Å²) in [5.74, 6) is 0.612. The molecule has 6 nitrogen and oxygen atoms in total. The van der Waals surface area contributed by atoms with Crippen LogP contribution in [0.2, 0.25) is 0 Å². The normalized spacial score (nSPS) is 18.1. The Kier molecular flexibility index (Phi) is 6.68. The zero-order valence-corrected chi connectivity index (χ0v) is 21.0. The van der Waals surface area contributed by atoms with Gasteiger partial charge in [-0.1, -0.05) is 37.3 Å². The number of carbonyl (C=O) groups is 2. The quantitative estimate of drug-likeness (QED) is 0.479. The van der Waals surface area contributed by atoms with E-state index in [2.05, 4.69) is 12.2 Å². The highest BCUT2D eigenvalue weighted by molar-refractivity contribution is 6.04. The van der Waals surface area contributed by atoms with Gasteiger partial charge < -0.3 is 19.7 Å². The van der Waals surface area contributed by atoms with Gasteiger partial charge in [-0.3, -0.25) is 9.59 Å². The number of aryl methyl sites for hydroxylation is 1. The van der Waals surface area contributed by atoms with E-state index in [1.165, 1.54) is 5.56 Å². The first-order valence-corrected chi connectivity index (χ1v) is 12.8. The molecule has 2 aliphatic rings. The van der Waals surface area contributed by atoms with Gasteiger partial charge in [-0.2, -0.15) is 0 Å². The number of rotatable bonds is 7. The number of fused-ring (bicyclic) bond motifs is 4. The van der Waals surface area contributed by atoms with E-state index in [1.54, 1.807) is 0 Å². The smallest absolute Gasteiger partial charge is 0.254 e. The third kappa shape index (κ3) is 4.21. The van der Waals surface area contributed by atoms with Gasteiger partial charge in [-0.15, -0.1) is 0 Å². The first kappa shape index (κ1) is 23.9. The zero-order valence-electron chi connectivity index (χ0n) is 21.0.